The Balaban J connectivity index is 1.40. The molecule has 2 aliphatic heterocycles. The topological polar surface area (TPSA) is 47.1 Å². The van der Waals surface area contributed by atoms with Crippen molar-refractivity contribution in [3.63, 3.8) is 0 Å². The number of hydrogen-bond acceptors (Lipinski definition) is 6. The molecular weight excluding hydrogens is 398 g/mol. The van der Waals surface area contributed by atoms with E-state index in [0.29, 0.717) is 19.0 Å². The molecule has 0 aliphatic carbocycles. The van der Waals surface area contributed by atoms with Crippen LogP contribution in [0, 0.1) is 0 Å². The molecule has 26 heavy (non-hydrogen) atoms. The lowest BCUT2D eigenvalue weighted by Crippen LogP contribution is -2.46. The molecule has 2 aromatic rings. The van der Waals surface area contributed by atoms with Crippen LogP contribution in [0.1, 0.15) is 5.56 Å². The first-order chi connectivity index (χ1) is 12.7. The summed E-state index contributed by atoms with van der Waals surface area (Å²) in [5.74, 6) is 3.28. The summed E-state index contributed by atoms with van der Waals surface area (Å²) in [5.41, 5.74) is 1.18. The molecule has 0 radical (unpaired) electrons. The summed E-state index contributed by atoms with van der Waals surface area (Å²) in [6.07, 6.45) is 1.85. The fourth-order valence-corrected chi connectivity index (χ4v) is 3.60. The molecular formula is C19H22BrN3O3. The highest BCUT2D eigenvalue weighted by molar-refractivity contribution is 9.10. The van der Waals surface area contributed by atoms with Crippen LogP contribution < -0.4 is 19.1 Å². The van der Waals surface area contributed by atoms with Gasteiger partial charge in [-0.2, -0.15) is 0 Å². The van der Waals surface area contributed by atoms with Crippen molar-refractivity contribution in [1.29, 1.82) is 0 Å². The first-order valence-corrected chi connectivity index (χ1v) is 9.57. The zero-order valence-corrected chi connectivity index (χ0v) is 16.4. The van der Waals surface area contributed by atoms with E-state index in [4.69, 9.17) is 14.2 Å². The van der Waals surface area contributed by atoms with E-state index in [0.717, 1.165) is 54.5 Å². The van der Waals surface area contributed by atoms with E-state index in [1.807, 2.05) is 12.3 Å². The predicted molar refractivity (Wildman–Crippen MR) is 103 cm³/mol. The number of fused-ring (bicyclic) bond motifs is 1. The van der Waals surface area contributed by atoms with Crippen molar-refractivity contribution >= 4 is 21.7 Å². The lowest BCUT2D eigenvalue weighted by Gasteiger charge is -2.35. The molecule has 7 heteroatoms. The van der Waals surface area contributed by atoms with E-state index >= 15 is 0 Å². The Kier molecular flexibility index (Phi) is 5.17. The summed E-state index contributed by atoms with van der Waals surface area (Å²) in [4.78, 5) is 9.27. The summed E-state index contributed by atoms with van der Waals surface area (Å²) in [5, 5.41) is 0. The molecule has 0 unspecified atom stereocenters. The SMILES string of the molecule is COc1cc(CN2CCN(c3ccc(Br)cn3)CC2)cc2c1OCCO2. The van der Waals surface area contributed by atoms with E-state index in [1.54, 1.807) is 7.11 Å². The van der Waals surface area contributed by atoms with E-state index < -0.39 is 0 Å². The third kappa shape index (κ3) is 3.73. The lowest BCUT2D eigenvalue weighted by atomic mass is 10.1. The molecule has 3 heterocycles. The average Bonchev–Trinajstić information content (AvgIpc) is 2.68. The predicted octanol–water partition coefficient (Wildman–Crippen LogP) is 2.95. The van der Waals surface area contributed by atoms with Gasteiger partial charge in [-0.1, -0.05) is 0 Å². The number of hydrogen-bond donors (Lipinski definition) is 0. The Bertz CT molecular complexity index is 744. The van der Waals surface area contributed by atoms with Gasteiger partial charge in [0, 0.05) is 43.4 Å². The van der Waals surface area contributed by atoms with Gasteiger partial charge in [0.25, 0.3) is 0 Å². The van der Waals surface area contributed by atoms with Gasteiger partial charge in [0.1, 0.15) is 19.0 Å². The zero-order valence-electron chi connectivity index (χ0n) is 14.8. The number of benzene rings is 1. The Morgan fingerprint density at radius 3 is 2.65 bits per heavy atom. The molecule has 138 valence electrons. The summed E-state index contributed by atoms with van der Waals surface area (Å²) < 4.78 is 17.9. The second-order valence-electron chi connectivity index (χ2n) is 6.42. The van der Waals surface area contributed by atoms with Crippen molar-refractivity contribution in [2.24, 2.45) is 0 Å². The van der Waals surface area contributed by atoms with Gasteiger partial charge in [-0.3, -0.25) is 4.90 Å². The molecule has 1 fully saturated rings. The number of halogens is 1. The van der Waals surface area contributed by atoms with Crippen LogP contribution in [0.25, 0.3) is 0 Å². The molecule has 1 aromatic carbocycles. The molecule has 0 amide bonds. The highest BCUT2D eigenvalue weighted by Crippen LogP contribution is 2.40. The molecule has 2 aliphatic rings. The maximum atomic E-state index is 5.74. The monoisotopic (exact) mass is 419 g/mol. The summed E-state index contributed by atoms with van der Waals surface area (Å²) in [6.45, 7) is 5.94. The van der Waals surface area contributed by atoms with E-state index in [2.05, 4.69) is 48.9 Å². The van der Waals surface area contributed by atoms with Gasteiger partial charge in [0.05, 0.1) is 7.11 Å². The van der Waals surface area contributed by atoms with Crippen molar-refractivity contribution in [2.75, 3.05) is 51.4 Å². The molecule has 0 bridgehead atoms. The third-order valence-electron chi connectivity index (χ3n) is 4.70. The first-order valence-electron chi connectivity index (χ1n) is 8.78. The number of methoxy groups -OCH3 is 1. The van der Waals surface area contributed by atoms with Crippen molar-refractivity contribution in [2.45, 2.75) is 6.54 Å². The molecule has 0 spiro atoms. The third-order valence-corrected chi connectivity index (χ3v) is 5.17. The molecule has 1 saturated heterocycles. The normalized spacial score (nSPS) is 17.2. The van der Waals surface area contributed by atoms with Crippen LogP contribution in [-0.2, 0) is 6.54 Å². The Morgan fingerprint density at radius 2 is 1.92 bits per heavy atom. The number of nitrogens with zero attached hydrogens (tertiary/aromatic N) is 3. The van der Waals surface area contributed by atoms with Crippen LogP contribution in [-0.4, -0.2) is 56.4 Å². The smallest absolute Gasteiger partial charge is 0.203 e. The molecule has 0 N–H and O–H groups in total. The van der Waals surface area contributed by atoms with E-state index in [-0.39, 0.29) is 0 Å². The molecule has 0 atom stereocenters. The molecule has 1 aromatic heterocycles. The number of rotatable bonds is 4. The van der Waals surface area contributed by atoms with Gasteiger partial charge < -0.3 is 19.1 Å². The minimum Gasteiger partial charge on any atom is -0.493 e. The minimum absolute atomic E-state index is 0.564. The number of piperazine rings is 1. The van der Waals surface area contributed by atoms with Crippen molar-refractivity contribution < 1.29 is 14.2 Å². The summed E-state index contributed by atoms with van der Waals surface area (Å²) in [7, 11) is 1.67. The maximum Gasteiger partial charge on any atom is 0.203 e. The van der Waals surface area contributed by atoms with E-state index in [1.165, 1.54) is 5.56 Å². The Labute approximate surface area is 161 Å². The van der Waals surface area contributed by atoms with Crippen LogP contribution in [0.15, 0.2) is 34.9 Å². The maximum absolute atomic E-state index is 5.74. The number of pyridine rings is 1. The van der Waals surface area contributed by atoms with Crippen LogP contribution in [0.4, 0.5) is 5.82 Å². The Hall–Kier alpha value is -1.99. The van der Waals surface area contributed by atoms with Crippen LogP contribution in [0.3, 0.4) is 0 Å². The Morgan fingerprint density at radius 1 is 1.12 bits per heavy atom. The van der Waals surface area contributed by atoms with Crippen molar-refractivity contribution in [3.8, 4) is 17.2 Å². The van der Waals surface area contributed by atoms with Crippen LogP contribution in [0.5, 0.6) is 17.2 Å². The van der Waals surface area contributed by atoms with Gasteiger partial charge in [0.2, 0.25) is 5.75 Å². The first kappa shape index (κ1) is 17.4. The number of ether oxygens (including phenoxy) is 3. The van der Waals surface area contributed by atoms with Crippen LogP contribution in [0.2, 0.25) is 0 Å². The highest BCUT2D eigenvalue weighted by Gasteiger charge is 2.21. The van der Waals surface area contributed by atoms with Crippen LogP contribution >= 0.6 is 15.9 Å². The van der Waals surface area contributed by atoms with Gasteiger partial charge in [0.15, 0.2) is 11.5 Å². The number of aromatic nitrogens is 1. The fraction of sp³-hybridized carbons (Fsp3) is 0.421. The second-order valence-corrected chi connectivity index (χ2v) is 7.34. The van der Waals surface area contributed by atoms with Gasteiger partial charge in [-0.25, -0.2) is 4.98 Å². The quantitative estimate of drug-likeness (QED) is 0.758. The molecule has 4 rings (SSSR count). The van der Waals surface area contributed by atoms with Crippen molar-refractivity contribution in [3.05, 3.63) is 40.5 Å². The van der Waals surface area contributed by atoms with Gasteiger partial charge >= 0.3 is 0 Å². The van der Waals surface area contributed by atoms with Gasteiger partial charge in [-0.15, -0.1) is 0 Å². The summed E-state index contributed by atoms with van der Waals surface area (Å²) >= 11 is 3.44. The minimum atomic E-state index is 0.564. The summed E-state index contributed by atoms with van der Waals surface area (Å²) in [6, 6.07) is 8.22. The molecule has 0 saturated carbocycles. The van der Waals surface area contributed by atoms with E-state index in [9.17, 15) is 0 Å². The largest absolute Gasteiger partial charge is 0.493 e. The highest BCUT2D eigenvalue weighted by atomic mass is 79.9. The lowest BCUT2D eigenvalue weighted by molar-refractivity contribution is 0.164. The fourth-order valence-electron chi connectivity index (χ4n) is 3.37. The standard InChI is InChI=1S/C19H22BrN3O3/c1-24-16-10-14(11-17-19(16)26-9-8-25-17)13-22-4-6-23(7-5-22)18-3-2-15(20)12-21-18/h2-3,10-12H,4-9,13H2,1H3. The average molecular weight is 420 g/mol. The number of anilines is 1. The van der Waals surface area contributed by atoms with Crippen molar-refractivity contribution in [1.82, 2.24) is 9.88 Å². The molecule has 6 nitrogen and oxygen atoms in total. The second kappa shape index (κ2) is 7.72. The van der Waals surface area contributed by atoms with Gasteiger partial charge in [-0.05, 0) is 45.8 Å². The zero-order chi connectivity index (χ0) is 17.9.